The summed E-state index contributed by atoms with van der Waals surface area (Å²) in [5.74, 6) is 2.39. The summed E-state index contributed by atoms with van der Waals surface area (Å²) in [5, 5.41) is 6.85. The van der Waals surface area contributed by atoms with Gasteiger partial charge in [0.15, 0.2) is 23.4 Å². The molecule has 2 aromatic carbocycles. The summed E-state index contributed by atoms with van der Waals surface area (Å²) in [7, 11) is 2.01. The number of aromatic amines is 1. The fraction of sp³-hybridized carbons (Fsp3) is 0.158. The van der Waals surface area contributed by atoms with E-state index in [1.54, 1.807) is 6.20 Å². The number of ether oxygens (including phenoxy) is 2. The normalized spacial score (nSPS) is 16.3. The van der Waals surface area contributed by atoms with E-state index in [1.165, 1.54) is 0 Å². The average molecular weight is 332 g/mol. The van der Waals surface area contributed by atoms with Crippen molar-refractivity contribution >= 4 is 11.0 Å². The molecule has 0 saturated heterocycles. The monoisotopic (exact) mass is 332 g/mol. The Morgan fingerprint density at radius 1 is 1.12 bits per heavy atom. The van der Waals surface area contributed by atoms with Crippen LogP contribution >= 0.6 is 0 Å². The van der Waals surface area contributed by atoms with Crippen LogP contribution in [0.4, 0.5) is 0 Å². The predicted octanol–water partition coefficient (Wildman–Crippen LogP) is 3.48. The second-order valence-electron chi connectivity index (χ2n) is 6.08. The first-order chi connectivity index (χ1) is 12.3. The second-order valence-corrected chi connectivity index (χ2v) is 6.08. The average Bonchev–Trinajstić information content (AvgIpc) is 3.30. The molecule has 0 aliphatic carbocycles. The van der Waals surface area contributed by atoms with Gasteiger partial charge in [-0.3, -0.25) is 5.10 Å². The lowest BCUT2D eigenvalue weighted by Crippen LogP contribution is -2.24. The van der Waals surface area contributed by atoms with E-state index in [0.29, 0.717) is 6.61 Å². The van der Waals surface area contributed by atoms with E-state index < -0.39 is 0 Å². The Kier molecular flexibility index (Phi) is 3.03. The quantitative estimate of drug-likeness (QED) is 0.610. The highest BCUT2D eigenvalue weighted by molar-refractivity contribution is 5.82. The van der Waals surface area contributed by atoms with Gasteiger partial charge < -0.3 is 14.0 Å². The molecule has 1 aliphatic rings. The predicted molar refractivity (Wildman–Crippen MR) is 93.6 cm³/mol. The van der Waals surface area contributed by atoms with Gasteiger partial charge in [-0.15, -0.1) is 0 Å². The molecule has 6 heteroatoms. The summed E-state index contributed by atoms with van der Waals surface area (Å²) in [4.78, 5) is 4.81. The molecule has 25 heavy (non-hydrogen) atoms. The Morgan fingerprint density at radius 3 is 2.84 bits per heavy atom. The zero-order valence-electron chi connectivity index (χ0n) is 13.6. The molecule has 2 aromatic heterocycles. The van der Waals surface area contributed by atoms with Crippen molar-refractivity contribution in [1.29, 1.82) is 0 Å². The van der Waals surface area contributed by atoms with Crippen LogP contribution in [0.3, 0.4) is 0 Å². The fourth-order valence-electron chi connectivity index (χ4n) is 3.24. The molecule has 3 heterocycles. The summed E-state index contributed by atoms with van der Waals surface area (Å²) in [6.07, 6.45) is 3.45. The molecule has 124 valence electrons. The van der Waals surface area contributed by atoms with Crippen LogP contribution in [-0.2, 0) is 7.05 Å². The van der Waals surface area contributed by atoms with Crippen LogP contribution in [0.1, 0.15) is 11.9 Å². The van der Waals surface area contributed by atoms with Crippen molar-refractivity contribution < 1.29 is 9.47 Å². The molecule has 0 fully saturated rings. The molecule has 5 rings (SSSR count). The van der Waals surface area contributed by atoms with Crippen molar-refractivity contribution in [2.75, 3.05) is 6.61 Å². The van der Waals surface area contributed by atoms with Crippen LogP contribution in [0.5, 0.6) is 11.5 Å². The Morgan fingerprint density at radius 2 is 2.00 bits per heavy atom. The molecule has 1 atom stereocenters. The lowest BCUT2D eigenvalue weighted by molar-refractivity contribution is 0.0835. The maximum Gasteiger partial charge on any atom is 0.190 e. The Bertz CT molecular complexity index is 1050. The minimum absolute atomic E-state index is 0.232. The number of fused-ring (bicyclic) bond motifs is 2. The summed E-state index contributed by atoms with van der Waals surface area (Å²) < 4.78 is 14.0. The minimum Gasteiger partial charge on any atom is -0.485 e. The number of benzene rings is 2. The third-order valence-electron chi connectivity index (χ3n) is 4.54. The van der Waals surface area contributed by atoms with Gasteiger partial charge in [0.1, 0.15) is 6.61 Å². The number of rotatable bonds is 2. The van der Waals surface area contributed by atoms with E-state index in [0.717, 1.165) is 39.5 Å². The molecular formula is C19H16N4O2. The van der Waals surface area contributed by atoms with Gasteiger partial charge in [0, 0.05) is 18.8 Å². The van der Waals surface area contributed by atoms with Crippen molar-refractivity contribution in [1.82, 2.24) is 19.7 Å². The molecule has 0 spiro atoms. The summed E-state index contributed by atoms with van der Waals surface area (Å²) in [5.41, 5.74) is 4.11. The zero-order valence-corrected chi connectivity index (χ0v) is 13.6. The largest absolute Gasteiger partial charge is 0.485 e. The van der Waals surface area contributed by atoms with E-state index in [4.69, 9.17) is 14.5 Å². The number of aromatic nitrogens is 4. The maximum atomic E-state index is 6.11. The SMILES string of the molecule is Cn1c(C2COc3ccccc3O2)nc2cc(-c3cn[nH]c3)ccc21. The second kappa shape index (κ2) is 5.37. The van der Waals surface area contributed by atoms with Gasteiger partial charge in [-0.05, 0) is 29.8 Å². The van der Waals surface area contributed by atoms with Gasteiger partial charge in [-0.25, -0.2) is 4.98 Å². The number of H-pyrrole nitrogens is 1. The number of hydrogen-bond acceptors (Lipinski definition) is 4. The van der Waals surface area contributed by atoms with E-state index in [2.05, 4.69) is 33.0 Å². The molecule has 0 amide bonds. The molecule has 1 N–H and O–H groups in total. The van der Waals surface area contributed by atoms with Crippen molar-refractivity contribution in [3.63, 3.8) is 0 Å². The Balaban J connectivity index is 1.55. The highest BCUT2D eigenvalue weighted by Crippen LogP contribution is 2.36. The van der Waals surface area contributed by atoms with E-state index in [1.807, 2.05) is 37.5 Å². The number of nitrogens with one attached hydrogen (secondary N) is 1. The van der Waals surface area contributed by atoms with Crippen LogP contribution in [0, 0.1) is 0 Å². The number of imidazole rings is 1. The van der Waals surface area contributed by atoms with Crippen molar-refractivity contribution in [3.05, 3.63) is 60.7 Å². The van der Waals surface area contributed by atoms with Gasteiger partial charge in [-0.1, -0.05) is 18.2 Å². The molecule has 6 nitrogen and oxygen atoms in total. The van der Waals surface area contributed by atoms with E-state index in [-0.39, 0.29) is 6.10 Å². The molecule has 1 aliphatic heterocycles. The molecule has 0 radical (unpaired) electrons. The highest BCUT2D eigenvalue weighted by atomic mass is 16.6. The Hall–Kier alpha value is -3.28. The van der Waals surface area contributed by atoms with Crippen LogP contribution in [0.25, 0.3) is 22.2 Å². The maximum absolute atomic E-state index is 6.11. The number of aryl methyl sites for hydroxylation is 1. The van der Waals surface area contributed by atoms with Crippen molar-refractivity contribution in [3.8, 4) is 22.6 Å². The third-order valence-corrected chi connectivity index (χ3v) is 4.54. The summed E-state index contributed by atoms with van der Waals surface area (Å²) in [6, 6.07) is 13.9. The van der Waals surface area contributed by atoms with Crippen LogP contribution < -0.4 is 9.47 Å². The first kappa shape index (κ1) is 14.1. The number of para-hydroxylation sites is 2. The van der Waals surface area contributed by atoms with E-state index >= 15 is 0 Å². The standard InChI is InChI=1S/C19H16N4O2/c1-23-15-7-6-12(13-9-20-21-10-13)8-14(15)22-19(23)18-11-24-16-4-2-3-5-17(16)25-18/h2-10,18H,11H2,1H3,(H,20,21). The lowest BCUT2D eigenvalue weighted by atomic mass is 10.1. The van der Waals surface area contributed by atoms with Gasteiger partial charge in [0.25, 0.3) is 0 Å². The van der Waals surface area contributed by atoms with Crippen LogP contribution in [0.2, 0.25) is 0 Å². The van der Waals surface area contributed by atoms with E-state index in [9.17, 15) is 0 Å². The smallest absolute Gasteiger partial charge is 0.190 e. The Labute approximate surface area is 144 Å². The topological polar surface area (TPSA) is 65.0 Å². The highest BCUT2D eigenvalue weighted by Gasteiger charge is 2.26. The minimum atomic E-state index is -0.232. The molecular weight excluding hydrogens is 316 g/mol. The number of nitrogens with zero attached hydrogens (tertiary/aromatic N) is 3. The van der Waals surface area contributed by atoms with Crippen molar-refractivity contribution in [2.24, 2.45) is 7.05 Å². The molecule has 1 unspecified atom stereocenters. The first-order valence-electron chi connectivity index (χ1n) is 8.13. The van der Waals surface area contributed by atoms with Crippen LogP contribution in [-0.4, -0.2) is 26.4 Å². The molecule has 0 bridgehead atoms. The molecule has 4 aromatic rings. The first-order valence-corrected chi connectivity index (χ1v) is 8.13. The summed E-state index contributed by atoms with van der Waals surface area (Å²) in [6.45, 7) is 0.447. The third kappa shape index (κ3) is 2.26. The van der Waals surface area contributed by atoms with Gasteiger partial charge >= 0.3 is 0 Å². The van der Waals surface area contributed by atoms with Crippen LogP contribution in [0.15, 0.2) is 54.9 Å². The van der Waals surface area contributed by atoms with Gasteiger partial charge in [-0.2, -0.15) is 5.10 Å². The fourth-order valence-corrected chi connectivity index (χ4v) is 3.24. The lowest BCUT2D eigenvalue weighted by Gasteiger charge is -2.25. The van der Waals surface area contributed by atoms with Gasteiger partial charge in [0.2, 0.25) is 0 Å². The molecule has 0 saturated carbocycles. The zero-order chi connectivity index (χ0) is 16.8. The summed E-state index contributed by atoms with van der Waals surface area (Å²) >= 11 is 0. The van der Waals surface area contributed by atoms with Gasteiger partial charge in [0.05, 0.1) is 17.2 Å². The number of hydrogen-bond donors (Lipinski definition) is 1. The van der Waals surface area contributed by atoms with Crippen molar-refractivity contribution in [2.45, 2.75) is 6.10 Å².